The Morgan fingerprint density at radius 2 is 1.81 bits per heavy atom. The van der Waals surface area contributed by atoms with Gasteiger partial charge >= 0.3 is 0 Å². The van der Waals surface area contributed by atoms with Crippen LogP contribution in [0.1, 0.15) is 31.2 Å². The van der Waals surface area contributed by atoms with Crippen molar-refractivity contribution in [2.75, 3.05) is 82.3 Å². The maximum absolute atomic E-state index is 13.5. The number of hydrogen-bond acceptors (Lipinski definition) is 11. The number of fused-ring (bicyclic) bond motifs is 1. The summed E-state index contributed by atoms with van der Waals surface area (Å²) in [5.74, 6) is 1.83. The summed E-state index contributed by atoms with van der Waals surface area (Å²) >= 11 is 3.57. The lowest BCUT2D eigenvalue weighted by Gasteiger charge is -2.43. The lowest BCUT2D eigenvalue weighted by molar-refractivity contribution is 0.0982. The minimum absolute atomic E-state index is 0.234. The number of aryl methyl sites for hydroxylation is 1. The second-order valence-electron chi connectivity index (χ2n) is 12.6. The largest absolute Gasteiger partial charge is 0.494 e. The number of piperazine rings is 1. The monoisotopic (exact) mass is 720 g/mol. The molecule has 0 atom stereocenters. The first-order valence-corrected chi connectivity index (χ1v) is 19.4. The fourth-order valence-corrected chi connectivity index (χ4v) is 8.40. The van der Waals surface area contributed by atoms with Crippen molar-refractivity contribution >= 4 is 62.7 Å². The van der Waals surface area contributed by atoms with Gasteiger partial charge < -0.3 is 29.7 Å². The first-order chi connectivity index (χ1) is 22.6. The molecule has 2 N–H and O–H groups in total. The van der Waals surface area contributed by atoms with Crippen molar-refractivity contribution in [3.8, 4) is 11.8 Å². The molecule has 47 heavy (non-hydrogen) atoms. The van der Waals surface area contributed by atoms with Gasteiger partial charge in [0.1, 0.15) is 24.8 Å². The number of methoxy groups -OCH3 is 1. The van der Waals surface area contributed by atoms with Gasteiger partial charge in [0.25, 0.3) is 0 Å². The van der Waals surface area contributed by atoms with Crippen LogP contribution < -0.4 is 25.6 Å². The molecule has 2 fully saturated rings. The summed E-state index contributed by atoms with van der Waals surface area (Å²) in [6.45, 7) is 12.3. The number of aromatic nitrogens is 4. The number of imidazole rings is 1. The molecule has 0 amide bonds. The summed E-state index contributed by atoms with van der Waals surface area (Å²) in [4.78, 5) is 21.1. The van der Waals surface area contributed by atoms with Crippen LogP contribution in [0, 0.1) is 11.3 Å². The van der Waals surface area contributed by atoms with Crippen LogP contribution in [0.2, 0.25) is 0 Å². The molecule has 0 saturated carbocycles. The van der Waals surface area contributed by atoms with E-state index in [1.807, 2.05) is 0 Å². The Bertz CT molecular complexity index is 1850. The summed E-state index contributed by atoms with van der Waals surface area (Å²) in [6.07, 6.45) is 8.20. The predicted molar refractivity (Wildman–Crippen MR) is 192 cm³/mol. The van der Waals surface area contributed by atoms with E-state index in [0.717, 1.165) is 57.1 Å². The number of rotatable bonds is 9. The number of likely N-dealkylation sites (N-methyl/N-ethyl adjacent to an activating group) is 1. The van der Waals surface area contributed by atoms with E-state index in [-0.39, 0.29) is 5.82 Å². The highest BCUT2D eigenvalue weighted by Crippen LogP contribution is 2.41. The van der Waals surface area contributed by atoms with Crippen LogP contribution in [0.15, 0.2) is 41.3 Å². The van der Waals surface area contributed by atoms with Crippen LogP contribution in [-0.4, -0.2) is 102 Å². The number of hydrogen-bond donors (Lipinski definition) is 2. The lowest BCUT2D eigenvalue weighted by Crippen LogP contribution is -2.52. The van der Waals surface area contributed by atoms with Gasteiger partial charge in [0.15, 0.2) is 0 Å². The molecular formula is C33H42BrN10O2P. The smallest absolute Gasteiger partial charge is 0.229 e. The van der Waals surface area contributed by atoms with Crippen molar-refractivity contribution in [3.05, 3.63) is 52.7 Å². The second kappa shape index (κ2) is 13.8. The minimum Gasteiger partial charge on any atom is -0.494 e. The second-order valence-corrected chi connectivity index (χ2v) is 16.6. The van der Waals surface area contributed by atoms with Gasteiger partial charge in [0.05, 0.1) is 40.0 Å². The third kappa shape index (κ3) is 6.97. The Balaban J connectivity index is 1.23. The Labute approximate surface area is 284 Å². The highest BCUT2D eigenvalue weighted by molar-refractivity contribution is 9.10. The number of nitrogens with zero attached hydrogens (tertiary/aromatic N) is 8. The average molecular weight is 722 g/mol. The molecule has 0 bridgehead atoms. The number of pyridine rings is 1. The predicted octanol–water partition coefficient (Wildman–Crippen LogP) is 5.28. The standard InChI is InChI=1S/C33H42BrN10O2P/c1-6-22-17-26(29(46-3)18-27(22)43-10-7-23(8-11-43)42-15-13-41(2)14-16-42)39-33-37-20-24(34)32(40-33)38-25-9-12-44-28(21-36-30(44)19-35)31(25)47(4,5)45/h9,12,17-18,20-21,23H,6-8,10-11,13-16H2,1-5H3,(H2,37,38,39,40). The molecule has 2 aliphatic heterocycles. The van der Waals surface area contributed by atoms with Crippen molar-refractivity contribution in [1.29, 1.82) is 5.26 Å². The molecule has 5 heterocycles. The van der Waals surface area contributed by atoms with Crippen molar-refractivity contribution in [2.45, 2.75) is 32.2 Å². The first kappa shape index (κ1) is 33.2. The molecule has 0 aliphatic carbocycles. The molecule has 3 aromatic heterocycles. The number of piperidine rings is 1. The Kier molecular flexibility index (Phi) is 9.76. The van der Waals surface area contributed by atoms with Crippen molar-refractivity contribution in [3.63, 3.8) is 0 Å². The maximum Gasteiger partial charge on any atom is 0.229 e. The maximum atomic E-state index is 13.5. The van der Waals surface area contributed by atoms with Crippen LogP contribution in [0.5, 0.6) is 5.75 Å². The Morgan fingerprint density at radius 1 is 1.06 bits per heavy atom. The van der Waals surface area contributed by atoms with Gasteiger partial charge in [-0.15, -0.1) is 0 Å². The fraction of sp³-hybridized carbons (Fsp3) is 0.455. The number of anilines is 5. The van der Waals surface area contributed by atoms with Crippen LogP contribution in [0.3, 0.4) is 0 Å². The summed E-state index contributed by atoms with van der Waals surface area (Å²) in [5, 5.41) is 16.8. The van der Waals surface area contributed by atoms with E-state index in [4.69, 9.17) is 9.72 Å². The average Bonchev–Trinajstić information content (AvgIpc) is 3.49. The topological polar surface area (TPSA) is 127 Å². The quantitative estimate of drug-likeness (QED) is 0.219. The molecule has 0 spiro atoms. The number of nitrogens with one attached hydrogen (secondary N) is 2. The molecule has 248 valence electrons. The van der Waals surface area contributed by atoms with Crippen LogP contribution in [0.25, 0.3) is 5.52 Å². The molecule has 1 aromatic carbocycles. The van der Waals surface area contributed by atoms with Gasteiger partial charge in [-0.1, -0.05) is 6.92 Å². The van der Waals surface area contributed by atoms with Gasteiger partial charge in [-0.05, 0) is 73.3 Å². The molecule has 4 aromatic rings. The summed E-state index contributed by atoms with van der Waals surface area (Å²) in [7, 11) is 1.10. The Hall–Kier alpha value is -3.69. The van der Waals surface area contributed by atoms with E-state index in [0.29, 0.717) is 38.8 Å². The third-order valence-electron chi connectivity index (χ3n) is 9.21. The zero-order valence-electron chi connectivity index (χ0n) is 27.6. The van der Waals surface area contributed by atoms with E-state index in [9.17, 15) is 9.83 Å². The summed E-state index contributed by atoms with van der Waals surface area (Å²) in [5.41, 5.74) is 4.47. The Morgan fingerprint density at radius 3 is 2.47 bits per heavy atom. The number of ether oxygens (including phenoxy) is 1. The molecular weight excluding hydrogens is 679 g/mol. The van der Waals surface area contributed by atoms with Gasteiger partial charge in [-0.25, -0.2) is 9.97 Å². The molecule has 12 nitrogen and oxygen atoms in total. The molecule has 0 unspecified atom stereocenters. The number of nitriles is 1. The van der Waals surface area contributed by atoms with Crippen molar-refractivity contribution in [2.24, 2.45) is 0 Å². The van der Waals surface area contributed by atoms with E-state index in [1.54, 1.807) is 49.5 Å². The minimum atomic E-state index is -2.80. The summed E-state index contributed by atoms with van der Waals surface area (Å²) < 4.78 is 21.6. The normalized spacial score (nSPS) is 16.7. The summed E-state index contributed by atoms with van der Waals surface area (Å²) in [6, 6.07) is 8.80. The van der Waals surface area contributed by atoms with Crippen molar-refractivity contribution in [1.82, 2.24) is 29.2 Å². The zero-order chi connectivity index (χ0) is 33.3. The van der Waals surface area contributed by atoms with Gasteiger partial charge in [0, 0.05) is 69.5 Å². The van der Waals surface area contributed by atoms with Gasteiger partial charge in [0.2, 0.25) is 11.8 Å². The first-order valence-electron chi connectivity index (χ1n) is 16.0. The molecule has 6 rings (SSSR count). The van der Waals surface area contributed by atoms with E-state index in [1.165, 1.54) is 24.1 Å². The fourth-order valence-electron chi connectivity index (χ4n) is 6.68. The highest BCUT2D eigenvalue weighted by atomic mass is 79.9. The van der Waals surface area contributed by atoms with E-state index < -0.39 is 7.14 Å². The number of benzene rings is 1. The van der Waals surface area contributed by atoms with Gasteiger partial charge in [-0.2, -0.15) is 10.2 Å². The SMILES string of the molecule is CCc1cc(Nc2ncc(Br)c(Nc3ccn4c(C#N)ncc4c3P(C)(C)=O)n2)c(OC)cc1N1CCC(N2CCN(C)CC2)CC1. The molecule has 2 aliphatic rings. The van der Waals surface area contributed by atoms with Crippen LogP contribution in [-0.2, 0) is 11.0 Å². The van der Waals surface area contributed by atoms with E-state index >= 15 is 0 Å². The molecule has 14 heteroatoms. The van der Waals surface area contributed by atoms with Crippen LogP contribution in [0.4, 0.5) is 28.8 Å². The molecule has 0 radical (unpaired) electrons. The van der Waals surface area contributed by atoms with Gasteiger partial charge in [-0.3, -0.25) is 9.30 Å². The highest BCUT2D eigenvalue weighted by Gasteiger charge is 2.28. The van der Waals surface area contributed by atoms with Crippen LogP contribution >= 0.6 is 23.1 Å². The van der Waals surface area contributed by atoms with E-state index in [2.05, 4.69) is 83.4 Å². The van der Waals surface area contributed by atoms with Crippen molar-refractivity contribution < 1.29 is 9.30 Å². The third-order valence-corrected chi connectivity index (χ3v) is 11.3. The number of halogens is 1. The molecule has 2 saturated heterocycles. The lowest BCUT2D eigenvalue weighted by atomic mass is 9.99. The zero-order valence-corrected chi connectivity index (χ0v) is 30.1.